The zero-order valence-corrected chi connectivity index (χ0v) is 14.4. The maximum atomic E-state index is 13.0. The van der Waals surface area contributed by atoms with Gasteiger partial charge in [-0.15, -0.1) is 0 Å². The Labute approximate surface area is 131 Å². The summed E-state index contributed by atoms with van der Waals surface area (Å²) >= 11 is 1.66. The van der Waals surface area contributed by atoms with Gasteiger partial charge in [-0.3, -0.25) is 10.1 Å². The zero-order chi connectivity index (χ0) is 15.6. The molecular formula is C16H26N2O2S. The molecular weight excluding hydrogens is 284 g/mol. The molecule has 1 aromatic rings. The van der Waals surface area contributed by atoms with Crippen molar-refractivity contribution < 1.29 is 9.53 Å². The van der Waals surface area contributed by atoms with Crippen LogP contribution < -0.4 is 5.32 Å². The van der Waals surface area contributed by atoms with E-state index in [1.165, 1.54) is 0 Å². The second-order valence-electron chi connectivity index (χ2n) is 6.27. The molecule has 0 spiro atoms. The molecule has 1 saturated heterocycles. The van der Waals surface area contributed by atoms with Crippen LogP contribution in [0.25, 0.3) is 0 Å². The van der Waals surface area contributed by atoms with E-state index in [0.717, 1.165) is 12.0 Å². The molecule has 2 rings (SSSR count). The first-order chi connectivity index (χ1) is 9.94. The first-order valence-corrected chi connectivity index (χ1v) is 8.50. The predicted molar refractivity (Wildman–Crippen MR) is 86.2 cm³/mol. The molecule has 3 atom stereocenters. The number of nitrogens with zero attached hydrogens (tertiary/aromatic N) is 1. The van der Waals surface area contributed by atoms with E-state index in [2.05, 4.69) is 42.9 Å². The van der Waals surface area contributed by atoms with Crippen LogP contribution in [0.15, 0.2) is 16.8 Å². The summed E-state index contributed by atoms with van der Waals surface area (Å²) in [4.78, 5) is 15.0. The summed E-state index contributed by atoms with van der Waals surface area (Å²) < 4.78 is 5.37. The molecule has 0 aromatic carbocycles. The molecule has 2 heterocycles. The van der Waals surface area contributed by atoms with Gasteiger partial charge in [0.25, 0.3) is 0 Å². The smallest absolute Gasteiger partial charge is 0.244 e. The van der Waals surface area contributed by atoms with Gasteiger partial charge in [-0.05, 0) is 41.7 Å². The highest BCUT2D eigenvalue weighted by Gasteiger charge is 2.50. The van der Waals surface area contributed by atoms with E-state index >= 15 is 0 Å². The number of carbonyl (C=O) groups is 1. The van der Waals surface area contributed by atoms with Crippen molar-refractivity contribution in [1.29, 1.82) is 0 Å². The van der Waals surface area contributed by atoms with Crippen LogP contribution >= 0.6 is 11.3 Å². The molecule has 4 nitrogen and oxygen atoms in total. The monoisotopic (exact) mass is 310 g/mol. The molecule has 0 aliphatic carbocycles. The fourth-order valence-electron chi connectivity index (χ4n) is 2.87. The van der Waals surface area contributed by atoms with Gasteiger partial charge in [-0.25, -0.2) is 0 Å². The van der Waals surface area contributed by atoms with Crippen LogP contribution in [0.5, 0.6) is 0 Å². The molecule has 0 radical (unpaired) electrons. The topological polar surface area (TPSA) is 41.6 Å². The minimum absolute atomic E-state index is 0.0590. The van der Waals surface area contributed by atoms with E-state index in [-0.39, 0.29) is 18.1 Å². The molecule has 1 aromatic heterocycles. The summed E-state index contributed by atoms with van der Waals surface area (Å²) in [6.45, 7) is 8.90. The molecule has 118 valence electrons. The maximum Gasteiger partial charge on any atom is 0.244 e. The largest absolute Gasteiger partial charge is 0.383 e. The molecule has 1 aliphatic heterocycles. The number of rotatable bonds is 6. The Kier molecular flexibility index (Phi) is 5.07. The molecule has 1 fully saturated rings. The third kappa shape index (κ3) is 3.00. The number of hydrogen-bond acceptors (Lipinski definition) is 4. The SMILES string of the molecule is CCC1(C)NC(c2ccsc2)N(C(COC)C(C)C)C1=O. The predicted octanol–water partition coefficient (Wildman–Crippen LogP) is 3.02. The van der Waals surface area contributed by atoms with Crippen molar-refractivity contribution in [2.24, 2.45) is 5.92 Å². The lowest BCUT2D eigenvalue weighted by Crippen LogP contribution is -2.48. The Balaban J connectivity index is 2.39. The highest BCUT2D eigenvalue weighted by Crippen LogP contribution is 2.36. The van der Waals surface area contributed by atoms with Gasteiger partial charge in [0.15, 0.2) is 0 Å². The van der Waals surface area contributed by atoms with E-state index in [4.69, 9.17) is 4.74 Å². The van der Waals surface area contributed by atoms with Crippen molar-refractivity contribution >= 4 is 17.2 Å². The Morgan fingerprint density at radius 1 is 1.52 bits per heavy atom. The number of hydrogen-bond donors (Lipinski definition) is 1. The Hall–Kier alpha value is -0.910. The third-order valence-corrected chi connectivity index (χ3v) is 5.17. The fourth-order valence-corrected chi connectivity index (χ4v) is 3.55. The second kappa shape index (κ2) is 6.46. The quantitative estimate of drug-likeness (QED) is 0.878. The van der Waals surface area contributed by atoms with Gasteiger partial charge in [0.1, 0.15) is 6.17 Å². The zero-order valence-electron chi connectivity index (χ0n) is 13.6. The van der Waals surface area contributed by atoms with Gasteiger partial charge < -0.3 is 9.64 Å². The molecule has 1 amide bonds. The number of ether oxygens (including phenoxy) is 1. The van der Waals surface area contributed by atoms with E-state index in [0.29, 0.717) is 12.5 Å². The number of nitrogens with one attached hydrogen (secondary N) is 1. The normalized spacial score (nSPS) is 27.6. The van der Waals surface area contributed by atoms with E-state index in [1.54, 1.807) is 18.4 Å². The van der Waals surface area contributed by atoms with Gasteiger partial charge >= 0.3 is 0 Å². The van der Waals surface area contributed by atoms with E-state index < -0.39 is 5.54 Å². The van der Waals surface area contributed by atoms with Crippen molar-refractivity contribution in [3.8, 4) is 0 Å². The molecule has 5 heteroatoms. The number of amides is 1. The molecule has 1 aliphatic rings. The minimum atomic E-state index is -0.493. The molecule has 3 unspecified atom stereocenters. The first-order valence-electron chi connectivity index (χ1n) is 7.56. The van der Waals surface area contributed by atoms with Crippen LogP contribution in [0.4, 0.5) is 0 Å². The average Bonchev–Trinajstić information content (AvgIpc) is 3.05. The molecule has 0 saturated carbocycles. The van der Waals surface area contributed by atoms with E-state index in [9.17, 15) is 4.79 Å². The van der Waals surface area contributed by atoms with Crippen LogP contribution in [-0.4, -0.2) is 36.1 Å². The highest BCUT2D eigenvalue weighted by atomic mass is 32.1. The standard InChI is InChI=1S/C16H26N2O2S/c1-6-16(4)15(19)18(13(9-20-5)11(2)3)14(17-16)12-7-8-21-10-12/h7-8,10-11,13-14,17H,6,9H2,1-5H3. The minimum Gasteiger partial charge on any atom is -0.383 e. The van der Waals surface area contributed by atoms with Crippen LogP contribution in [0, 0.1) is 5.92 Å². The number of thiophene rings is 1. The van der Waals surface area contributed by atoms with Crippen molar-refractivity contribution in [3.05, 3.63) is 22.4 Å². The third-order valence-electron chi connectivity index (χ3n) is 4.47. The lowest BCUT2D eigenvalue weighted by Gasteiger charge is -2.35. The van der Waals surface area contributed by atoms with Gasteiger partial charge in [0.05, 0.1) is 18.2 Å². The van der Waals surface area contributed by atoms with Crippen LogP contribution in [0.2, 0.25) is 0 Å². The molecule has 1 N–H and O–H groups in total. The Morgan fingerprint density at radius 2 is 2.24 bits per heavy atom. The van der Waals surface area contributed by atoms with Gasteiger partial charge in [-0.2, -0.15) is 11.3 Å². The summed E-state index contributed by atoms with van der Waals surface area (Å²) in [6.07, 6.45) is 0.720. The van der Waals surface area contributed by atoms with Crippen LogP contribution in [-0.2, 0) is 9.53 Å². The van der Waals surface area contributed by atoms with E-state index in [1.807, 2.05) is 11.8 Å². The Bertz CT molecular complexity index is 475. The summed E-state index contributed by atoms with van der Waals surface area (Å²) in [5.41, 5.74) is 0.667. The van der Waals surface area contributed by atoms with Gasteiger partial charge in [0.2, 0.25) is 5.91 Å². The lowest BCUT2D eigenvalue weighted by molar-refractivity contribution is -0.137. The van der Waals surface area contributed by atoms with Crippen LogP contribution in [0.1, 0.15) is 45.8 Å². The summed E-state index contributed by atoms with van der Waals surface area (Å²) in [5.74, 6) is 0.521. The van der Waals surface area contributed by atoms with Crippen molar-refractivity contribution in [1.82, 2.24) is 10.2 Å². The molecule has 21 heavy (non-hydrogen) atoms. The average molecular weight is 310 g/mol. The van der Waals surface area contributed by atoms with Crippen LogP contribution in [0.3, 0.4) is 0 Å². The van der Waals surface area contributed by atoms with Crippen molar-refractivity contribution in [3.63, 3.8) is 0 Å². The summed E-state index contributed by atoms with van der Waals surface area (Å²) in [6, 6.07) is 2.17. The van der Waals surface area contributed by atoms with Gasteiger partial charge in [0, 0.05) is 7.11 Å². The van der Waals surface area contributed by atoms with Gasteiger partial charge in [-0.1, -0.05) is 20.8 Å². The van der Waals surface area contributed by atoms with Crippen molar-refractivity contribution in [2.45, 2.75) is 51.9 Å². The highest BCUT2D eigenvalue weighted by molar-refractivity contribution is 7.07. The number of carbonyl (C=O) groups excluding carboxylic acids is 1. The summed E-state index contributed by atoms with van der Waals surface area (Å²) in [7, 11) is 1.70. The Morgan fingerprint density at radius 3 is 2.71 bits per heavy atom. The fraction of sp³-hybridized carbons (Fsp3) is 0.688. The maximum absolute atomic E-state index is 13.0. The first kappa shape index (κ1) is 16.5. The summed E-state index contributed by atoms with van der Waals surface area (Å²) in [5, 5.41) is 7.71. The van der Waals surface area contributed by atoms with Crippen molar-refractivity contribution in [2.75, 3.05) is 13.7 Å². The second-order valence-corrected chi connectivity index (χ2v) is 7.05. The lowest BCUT2D eigenvalue weighted by atomic mass is 9.97. The number of methoxy groups -OCH3 is 1. The molecule has 0 bridgehead atoms.